The molecule has 0 bridgehead atoms. The van der Waals surface area contributed by atoms with Crippen molar-refractivity contribution in [2.75, 3.05) is 31.1 Å². The van der Waals surface area contributed by atoms with Crippen LogP contribution in [0.1, 0.15) is 69.7 Å². The van der Waals surface area contributed by atoms with Gasteiger partial charge in [0.05, 0.1) is 17.1 Å². The largest absolute Gasteiger partial charge is 0.483 e. The number of carbonyl (C=O) groups is 2. The number of aromatic amines is 1. The lowest BCUT2D eigenvalue weighted by Gasteiger charge is -2.35. The summed E-state index contributed by atoms with van der Waals surface area (Å²) >= 11 is 0. The number of hydrogen-bond acceptors (Lipinski definition) is 6. The van der Waals surface area contributed by atoms with Gasteiger partial charge in [-0.05, 0) is 62.8 Å². The number of rotatable bonds is 9. The molecule has 0 saturated carbocycles. The van der Waals surface area contributed by atoms with Crippen molar-refractivity contribution in [3.05, 3.63) is 54.1 Å². The molecule has 3 aromatic heterocycles. The quantitative estimate of drug-likeness (QED) is 0.132. The molecule has 46 heavy (non-hydrogen) atoms. The van der Waals surface area contributed by atoms with Crippen molar-refractivity contribution in [3.8, 4) is 0 Å². The molecule has 7 rings (SSSR count). The molecule has 0 atom stereocenters. The predicted octanol–water partition coefficient (Wildman–Crippen LogP) is 7.00. The van der Waals surface area contributed by atoms with Crippen molar-refractivity contribution >= 4 is 51.3 Å². The maximum absolute atomic E-state index is 15.5. The van der Waals surface area contributed by atoms with Crippen LogP contribution in [-0.4, -0.2) is 68.3 Å². The molecule has 1 amide bonds. The van der Waals surface area contributed by atoms with E-state index >= 15 is 8.78 Å². The van der Waals surface area contributed by atoms with Crippen LogP contribution in [-0.2, 0) is 15.5 Å². The molecule has 2 saturated heterocycles. The highest BCUT2D eigenvalue weighted by Crippen LogP contribution is 2.39. The minimum Gasteiger partial charge on any atom is -0.483 e. The first kappa shape index (κ1) is 31.4. The van der Waals surface area contributed by atoms with E-state index in [1.54, 1.807) is 0 Å². The molecule has 13 heteroatoms. The zero-order chi connectivity index (χ0) is 32.3. The fourth-order valence-corrected chi connectivity index (χ4v) is 6.55. The molecule has 0 radical (unpaired) electrons. The highest BCUT2D eigenvalue weighted by atomic mass is 19.3. The SMILES string of the molecule is O=C(CCCCCC(F)(F)c1nc(N2CCCC2)c2oc3cc(F)ccc3c2n1)N1CCC(n2[nH]c3ccccc32)CC1.O=CO. The van der Waals surface area contributed by atoms with Crippen molar-refractivity contribution in [3.63, 3.8) is 0 Å². The molecule has 2 aliphatic rings. The van der Waals surface area contributed by atoms with Gasteiger partial charge in [0.25, 0.3) is 6.47 Å². The van der Waals surface area contributed by atoms with Crippen LogP contribution in [0.5, 0.6) is 0 Å². The summed E-state index contributed by atoms with van der Waals surface area (Å²) in [4.78, 5) is 33.6. The molecule has 244 valence electrons. The van der Waals surface area contributed by atoms with Gasteiger partial charge >= 0.3 is 5.92 Å². The number of piperidine rings is 1. The van der Waals surface area contributed by atoms with Crippen LogP contribution < -0.4 is 4.90 Å². The summed E-state index contributed by atoms with van der Waals surface area (Å²) in [5.41, 5.74) is 3.20. The number of likely N-dealkylation sites (tertiary alicyclic amines) is 1. The fourth-order valence-electron chi connectivity index (χ4n) is 6.55. The second-order valence-electron chi connectivity index (χ2n) is 12.0. The number of nitrogens with zero attached hydrogens (tertiary/aromatic N) is 5. The summed E-state index contributed by atoms with van der Waals surface area (Å²) in [5.74, 6) is -3.81. The zero-order valence-electron chi connectivity index (χ0n) is 25.4. The van der Waals surface area contributed by atoms with Crippen molar-refractivity contribution in [2.24, 2.45) is 0 Å². The predicted molar refractivity (Wildman–Crippen MR) is 168 cm³/mol. The van der Waals surface area contributed by atoms with Gasteiger partial charge in [-0.25, -0.2) is 14.4 Å². The van der Waals surface area contributed by atoms with Gasteiger partial charge in [0.15, 0.2) is 11.4 Å². The number of hydrogen-bond donors (Lipinski definition) is 2. The van der Waals surface area contributed by atoms with Gasteiger partial charge in [-0.1, -0.05) is 18.6 Å². The van der Waals surface area contributed by atoms with Gasteiger partial charge in [0.1, 0.15) is 16.9 Å². The molecule has 2 aliphatic heterocycles. The number of aromatic nitrogens is 4. The third kappa shape index (κ3) is 6.40. The summed E-state index contributed by atoms with van der Waals surface area (Å²) in [7, 11) is 0. The highest BCUT2D eigenvalue weighted by Gasteiger charge is 2.37. The topological polar surface area (TPSA) is 120 Å². The van der Waals surface area contributed by atoms with Crippen LogP contribution in [0.3, 0.4) is 0 Å². The van der Waals surface area contributed by atoms with Gasteiger partial charge < -0.3 is 19.3 Å². The number of furan rings is 1. The van der Waals surface area contributed by atoms with E-state index in [9.17, 15) is 9.18 Å². The number of fused-ring (bicyclic) bond motifs is 4. The van der Waals surface area contributed by atoms with E-state index in [1.807, 2.05) is 21.9 Å². The molecule has 2 fully saturated rings. The van der Waals surface area contributed by atoms with Gasteiger partial charge in [0, 0.05) is 50.5 Å². The summed E-state index contributed by atoms with van der Waals surface area (Å²) in [6.07, 6.45) is 4.94. The van der Waals surface area contributed by atoms with E-state index in [-0.39, 0.29) is 29.9 Å². The molecule has 2 aromatic carbocycles. The number of halogens is 3. The number of para-hydroxylation sites is 2. The first-order valence-electron chi connectivity index (χ1n) is 15.8. The Labute approximate surface area is 263 Å². The molecular weight excluding hydrogens is 601 g/mol. The van der Waals surface area contributed by atoms with Crippen molar-refractivity contribution in [1.82, 2.24) is 24.6 Å². The lowest BCUT2D eigenvalue weighted by Crippen LogP contribution is -2.39. The molecule has 2 N–H and O–H groups in total. The van der Waals surface area contributed by atoms with Gasteiger partial charge in [-0.2, -0.15) is 8.78 Å². The lowest BCUT2D eigenvalue weighted by molar-refractivity contribution is -0.132. The Morgan fingerprint density at radius 1 is 1.04 bits per heavy atom. The van der Waals surface area contributed by atoms with Crippen LogP contribution in [0, 0.1) is 5.82 Å². The summed E-state index contributed by atoms with van der Waals surface area (Å²) in [5, 5.41) is 10.8. The number of H-pyrrole nitrogens is 1. The van der Waals surface area contributed by atoms with E-state index < -0.39 is 24.0 Å². The average Bonchev–Trinajstić information content (AvgIpc) is 3.70. The molecule has 10 nitrogen and oxygen atoms in total. The first-order valence-corrected chi connectivity index (χ1v) is 15.8. The van der Waals surface area contributed by atoms with E-state index in [4.69, 9.17) is 14.3 Å². The van der Waals surface area contributed by atoms with Gasteiger partial charge in [-0.3, -0.25) is 19.4 Å². The molecule has 0 aliphatic carbocycles. The average molecular weight is 639 g/mol. The van der Waals surface area contributed by atoms with Gasteiger partial charge in [-0.15, -0.1) is 0 Å². The number of carboxylic acid groups (broad SMARTS) is 1. The fraction of sp³-hybridized carbons (Fsp3) is 0.455. The van der Waals surface area contributed by atoms with E-state index in [0.717, 1.165) is 31.2 Å². The van der Waals surface area contributed by atoms with Crippen molar-refractivity contribution < 1.29 is 32.3 Å². The summed E-state index contributed by atoms with van der Waals surface area (Å²) < 4.78 is 52.9. The number of benzene rings is 2. The zero-order valence-corrected chi connectivity index (χ0v) is 25.4. The highest BCUT2D eigenvalue weighted by molar-refractivity contribution is 6.05. The summed E-state index contributed by atoms with van der Waals surface area (Å²) in [6.45, 7) is 2.54. The summed E-state index contributed by atoms with van der Waals surface area (Å²) in [6, 6.07) is 12.6. The Morgan fingerprint density at radius 2 is 1.78 bits per heavy atom. The molecule has 5 heterocycles. The van der Waals surface area contributed by atoms with Crippen molar-refractivity contribution in [2.45, 2.75) is 69.8 Å². The van der Waals surface area contributed by atoms with E-state index in [2.05, 4.69) is 31.9 Å². The number of carbonyl (C=O) groups excluding carboxylic acids is 1. The number of amides is 1. The Hall–Kier alpha value is -4.55. The minimum absolute atomic E-state index is 0.0921. The van der Waals surface area contributed by atoms with Crippen LogP contribution in [0.15, 0.2) is 46.9 Å². The number of nitrogens with one attached hydrogen (secondary N) is 1. The Balaban J connectivity index is 0.00000119. The van der Waals surface area contributed by atoms with E-state index in [1.165, 1.54) is 23.7 Å². The minimum atomic E-state index is -3.25. The smallest absolute Gasteiger partial charge is 0.306 e. The van der Waals surface area contributed by atoms with Crippen LogP contribution in [0.4, 0.5) is 19.0 Å². The molecule has 0 spiro atoms. The second-order valence-corrected chi connectivity index (χ2v) is 12.0. The number of anilines is 1. The standard InChI is InChI=1S/C32H35F3N6O2.CH2O2/c33-21-11-12-23-26(20-21)43-29-28(23)36-31(37-30(29)40-16-6-7-17-40)32(34,35)15-5-1-2-10-27(42)39-18-13-22(14-19-39)41-25-9-4-3-8-24(25)38-41;2-1-3/h3-4,8-9,11-12,20,22,38H,1-2,5-7,10,13-19H2;1H,(H,2,3). The maximum Gasteiger partial charge on any atom is 0.306 e. The van der Waals surface area contributed by atoms with Crippen LogP contribution >= 0.6 is 0 Å². The second kappa shape index (κ2) is 13.4. The van der Waals surface area contributed by atoms with E-state index in [0.29, 0.717) is 68.3 Å². The number of alkyl halides is 2. The normalized spacial score (nSPS) is 16.0. The van der Waals surface area contributed by atoms with Gasteiger partial charge in [0.2, 0.25) is 11.7 Å². The maximum atomic E-state index is 15.5. The van der Waals surface area contributed by atoms with Crippen LogP contribution in [0.25, 0.3) is 33.1 Å². The molecule has 0 unspecified atom stereocenters. The first-order chi connectivity index (χ1) is 22.3. The lowest BCUT2D eigenvalue weighted by atomic mass is 10.0. The number of unbranched alkanes of at least 4 members (excludes halogenated alkanes) is 2. The monoisotopic (exact) mass is 638 g/mol. The molecule has 5 aromatic rings. The third-order valence-electron chi connectivity index (χ3n) is 8.96. The van der Waals surface area contributed by atoms with Crippen LogP contribution in [0.2, 0.25) is 0 Å². The van der Waals surface area contributed by atoms with Crippen molar-refractivity contribution in [1.29, 1.82) is 0 Å². The third-order valence-corrected chi connectivity index (χ3v) is 8.96. The Morgan fingerprint density at radius 3 is 2.52 bits per heavy atom. The Kier molecular flexibility index (Phi) is 9.18. The Bertz CT molecular complexity index is 1820. The molecular formula is C33H37F3N6O4.